The quantitative estimate of drug-likeness (QED) is 0.608. The smallest absolute Gasteiger partial charge is 0.251 e. The Morgan fingerprint density at radius 2 is 1.55 bits per heavy atom. The summed E-state index contributed by atoms with van der Waals surface area (Å²) in [4.78, 5) is 12.5. The van der Waals surface area contributed by atoms with E-state index in [9.17, 15) is 4.79 Å². The van der Waals surface area contributed by atoms with Gasteiger partial charge in [-0.15, -0.1) is 0 Å². The summed E-state index contributed by atoms with van der Waals surface area (Å²) in [6.45, 7) is 6.18. The molecule has 0 aromatic heterocycles. The van der Waals surface area contributed by atoms with Gasteiger partial charge in [-0.25, -0.2) is 0 Å². The van der Waals surface area contributed by atoms with Gasteiger partial charge in [0, 0.05) is 16.7 Å². The number of hydrogen-bond acceptors (Lipinski definition) is 3. The third-order valence-electron chi connectivity index (χ3n) is 4.39. The van der Waals surface area contributed by atoms with Crippen molar-refractivity contribution in [2.24, 2.45) is 0 Å². The zero-order chi connectivity index (χ0) is 20.9. The molecule has 3 aromatic carbocycles. The van der Waals surface area contributed by atoms with Gasteiger partial charge in [0.1, 0.15) is 18.1 Å². The van der Waals surface area contributed by atoms with Gasteiger partial charge in [0.15, 0.2) is 0 Å². The van der Waals surface area contributed by atoms with Crippen LogP contribution in [0.1, 0.15) is 36.7 Å². The molecule has 150 valence electrons. The number of nitrogens with one attached hydrogen (secondary N) is 1. The fraction of sp³-hybridized carbons (Fsp3) is 0.240. The number of benzene rings is 3. The van der Waals surface area contributed by atoms with Gasteiger partial charge in [-0.3, -0.25) is 4.79 Å². The lowest BCUT2D eigenvalue weighted by molar-refractivity contribution is 0.0919. The van der Waals surface area contributed by atoms with E-state index in [0.29, 0.717) is 17.9 Å². The first kappa shape index (κ1) is 20.5. The van der Waals surface area contributed by atoms with Crippen LogP contribution in [0.3, 0.4) is 0 Å². The van der Waals surface area contributed by atoms with Crippen molar-refractivity contribution in [2.75, 3.05) is 7.11 Å². The number of hydrogen-bond donors (Lipinski definition) is 1. The number of methoxy groups -OCH3 is 1. The topological polar surface area (TPSA) is 47.6 Å². The average Bonchev–Trinajstić information content (AvgIpc) is 2.72. The van der Waals surface area contributed by atoms with Gasteiger partial charge >= 0.3 is 0 Å². The second-order valence-corrected chi connectivity index (χ2v) is 7.91. The molecule has 0 radical (unpaired) electrons. The maximum atomic E-state index is 12.5. The van der Waals surface area contributed by atoms with Crippen LogP contribution in [0.4, 0.5) is 0 Å². The summed E-state index contributed by atoms with van der Waals surface area (Å²) in [6.07, 6.45) is 0. The van der Waals surface area contributed by atoms with Crippen LogP contribution < -0.4 is 14.8 Å². The van der Waals surface area contributed by atoms with Crippen molar-refractivity contribution in [2.45, 2.75) is 32.9 Å². The van der Waals surface area contributed by atoms with Gasteiger partial charge in [0.05, 0.1) is 7.11 Å². The van der Waals surface area contributed by atoms with Crippen LogP contribution in [-0.4, -0.2) is 18.6 Å². The minimum absolute atomic E-state index is 0.117. The zero-order valence-corrected chi connectivity index (χ0v) is 17.4. The van der Waals surface area contributed by atoms with Gasteiger partial charge in [0.2, 0.25) is 0 Å². The lowest BCUT2D eigenvalue weighted by Gasteiger charge is -2.21. The van der Waals surface area contributed by atoms with E-state index in [2.05, 4.69) is 17.4 Å². The molecule has 0 unspecified atom stereocenters. The highest BCUT2D eigenvalue weighted by molar-refractivity contribution is 5.95. The second-order valence-electron chi connectivity index (χ2n) is 7.91. The van der Waals surface area contributed by atoms with Gasteiger partial charge in [-0.2, -0.15) is 0 Å². The summed E-state index contributed by atoms with van der Waals surface area (Å²) in [5.41, 5.74) is 3.41. The summed E-state index contributed by atoms with van der Waals surface area (Å²) in [5.74, 6) is 1.34. The second kappa shape index (κ2) is 8.82. The predicted octanol–water partition coefficient (Wildman–Crippen LogP) is 5.47. The van der Waals surface area contributed by atoms with Crippen LogP contribution in [0.2, 0.25) is 0 Å². The van der Waals surface area contributed by atoms with E-state index in [1.165, 1.54) is 5.56 Å². The molecule has 1 amide bonds. The summed E-state index contributed by atoms with van der Waals surface area (Å²) >= 11 is 0. The molecule has 0 heterocycles. The van der Waals surface area contributed by atoms with Crippen LogP contribution in [0, 0.1) is 0 Å². The summed E-state index contributed by atoms with van der Waals surface area (Å²) < 4.78 is 11.4. The van der Waals surface area contributed by atoms with E-state index in [0.717, 1.165) is 16.9 Å². The fourth-order valence-electron chi connectivity index (χ4n) is 2.98. The first-order chi connectivity index (χ1) is 13.9. The Balaban J connectivity index is 1.72. The summed E-state index contributed by atoms with van der Waals surface area (Å²) in [6, 6.07) is 23.6. The predicted molar refractivity (Wildman–Crippen MR) is 116 cm³/mol. The van der Waals surface area contributed by atoms with E-state index >= 15 is 0 Å². The number of rotatable bonds is 6. The normalized spacial score (nSPS) is 11.0. The number of amides is 1. The molecule has 0 saturated heterocycles. The van der Waals surface area contributed by atoms with Crippen LogP contribution >= 0.6 is 0 Å². The molecule has 29 heavy (non-hydrogen) atoms. The van der Waals surface area contributed by atoms with Crippen molar-refractivity contribution in [3.8, 4) is 22.6 Å². The minimum Gasteiger partial charge on any atom is -0.496 e. The van der Waals surface area contributed by atoms with Gasteiger partial charge in [-0.1, -0.05) is 42.5 Å². The molecular formula is C25H27NO3. The molecular weight excluding hydrogens is 362 g/mol. The van der Waals surface area contributed by atoms with Crippen molar-refractivity contribution in [3.63, 3.8) is 0 Å². The highest BCUT2D eigenvalue weighted by Crippen LogP contribution is 2.25. The SMILES string of the molecule is COc1ccc(C(=O)NC(C)(C)C)cc1COc1ccc(-c2ccccc2)cc1. The minimum atomic E-state index is -0.297. The summed E-state index contributed by atoms with van der Waals surface area (Å²) in [5, 5.41) is 2.98. The van der Waals surface area contributed by atoms with E-state index in [-0.39, 0.29) is 11.4 Å². The van der Waals surface area contributed by atoms with E-state index < -0.39 is 0 Å². The Kier molecular flexibility index (Phi) is 6.23. The number of carbonyl (C=O) groups excluding carboxylic acids is 1. The molecule has 0 atom stereocenters. The fourth-order valence-corrected chi connectivity index (χ4v) is 2.98. The van der Waals surface area contributed by atoms with Crippen molar-refractivity contribution in [1.82, 2.24) is 5.32 Å². The van der Waals surface area contributed by atoms with Crippen molar-refractivity contribution >= 4 is 5.91 Å². The first-order valence-corrected chi connectivity index (χ1v) is 9.63. The highest BCUT2D eigenvalue weighted by atomic mass is 16.5. The molecule has 4 nitrogen and oxygen atoms in total. The maximum Gasteiger partial charge on any atom is 0.251 e. The maximum absolute atomic E-state index is 12.5. The standard InChI is InChI=1S/C25H27NO3/c1-25(2,3)26-24(27)20-12-15-23(28-4)21(16-20)17-29-22-13-10-19(11-14-22)18-8-6-5-7-9-18/h5-16H,17H2,1-4H3,(H,26,27). The van der Waals surface area contributed by atoms with Crippen molar-refractivity contribution in [1.29, 1.82) is 0 Å². The lowest BCUT2D eigenvalue weighted by Crippen LogP contribution is -2.40. The average molecular weight is 389 g/mol. The molecule has 1 N–H and O–H groups in total. The number of carbonyl (C=O) groups is 1. The van der Waals surface area contributed by atoms with Crippen molar-refractivity contribution in [3.05, 3.63) is 83.9 Å². The highest BCUT2D eigenvalue weighted by Gasteiger charge is 2.17. The van der Waals surface area contributed by atoms with Gasteiger partial charge in [0.25, 0.3) is 5.91 Å². The first-order valence-electron chi connectivity index (χ1n) is 9.63. The van der Waals surface area contributed by atoms with Crippen LogP contribution in [0.25, 0.3) is 11.1 Å². The third-order valence-corrected chi connectivity index (χ3v) is 4.39. The molecule has 3 rings (SSSR count). The molecule has 0 aliphatic rings. The van der Waals surface area contributed by atoms with E-state index in [1.54, 1.807) is 19.2 Å². The largest absolute Gasteiger partial charge is 0.496 e. The third kappa shape index (κ3) is 5.61. The van der Waals surface area contributed by atoms with Gasteiger partial charge in [-0.05, 0) is 62.2 Å². The zero-order valence-electron chi connectivity index (χ0n) is 17.4. The van der Waals surface area contributed by atoms with E-state index in [4.69, 9.17) is 9.47 Å². The Morgan fingerprint density at radius 1 is 0.897 bits per heavy atom. The molecule has 3 aromatic rings. The molecule has 0 bridgehead atoms. The Bertz CT molecular complexity index is 958. The van der Waals surface area contributed by atoms with Crippen LogP contribution in [0.5, 0.6) is 11.5 Å². The van der Waals surface area contributed by atoms with Crippen molar-refractivity contribution < 1.29 is 14.3 Å². The van der Waals surface area contributed by atoms with Crippen LogP contribution in [-0.2, 0) is 6.61 Å². The molecule has 0 aliphatic heterocycles. The lowest BCUT2D eigenvalue weighted by atomic mass is 10.1. The van der Waals surface area contributed by atoms with E-state index in [1.807, 2.05) is 69.3 Å². The summed E-state index contributed by atoms with van der Waals surface area (Å²) in [7, 11) is 1.61. The molecule has 0 saturated carbocycles. The Labute approximate surface area is 172 Å². The monoisotopic (exact) mass is 389 g/mol. The van der Waals surface area contributed by atoms with Gasteiger partial charge < -0.3 is 14.8 Å². The Morgan fingerprint density at radius 3 is 2.17 bits per heavy atom. The molecule has 0 aliphatic carbocycles. The molecule has 0 spiro atoms. The number of ether oxygens (including phenoxy) is 2. The Hall–Kier alpha value is -3.27. The molecule has 0 fully saturated rings. The molecule has 4 heteroatoms. The van der Waals surface area contributed by atoms with Crippen LogP contribution in [0.15, 0.2) is 72.8 Å².